The molecule has 2 bridgehead atoms. The Morgan fingerprint density at radius 1 is 1.18 bits per heavy atom. The average molecular weight is 549 g/mol. The van der Waals surface area contributed by atoms with Gasteiger partial charge in [0.05, 0.1) is 11.6 Å². The molecular weight excluding hydrogens is 504 g/mol. The molecule has 1 aliphatic carbocycles. The lowest BCUT2D eigenvalue weighted by molar-refractivity contribution is -0.139. The zero-order chi connectivity index (χ0) is 28.8. The number of nitrogens with zero attached hydrogens (tertiary/aromatic N) is 3. The minimum atomic E-state index is -0.475. The summed E-state index contributed by atoms with van der Waals surface area (Å²) in [4.78, 5) is 54.3. The van der Waals surface area contributed by atoms with Gasteiger partial charge in [0.1, 0.15) is 12.2 Å². The van der Waals surface area contributed by atoms with Crippen LogP contribution >= 0.6 is 0 Å². The Balaban J connectivity index is 1.58. The molecule has 0 spiro atoms. The highest BCUT2D eigenvalue weighted by molar-refractivity contribution is 6.06. The summed E-state index contributed by atoms with van der Waals surface area (Å²) in [5.74, 6) is 0.602. The zero-order valence-electron chi connectivity index (χ0n) is 24.7. The molecular formula is C32H44N4O4. The number of hydrogen-bond donors (Lipinski definition) is 1. The zero-order valence-corrected chi connectivity index (χ0v) is 24.7. The van der Waals surface area contributed by atoms with Crippen LogP contribution in [0, 0.1) is 17.3 Å². The third kappa shape index (κ3) is 5.46. The SMILES string of the molecule is CCC(=O)[C@@H]1C[C@]23CNC(=O)C[C@H](C)CCCCc4cc(CC(C)C)cc5c(C(C)=O)nn(c45)CC(=O)N1[C@@H]2C3. The van der Waals surface area contributed by atoms with Crippen molar-refractivity contribution in [1.29, 1.82) is 0 Å². The van der Waals surface area contributed by atoms with Crippen molar-refractivity contribution in [1.82, 2.24) is 20.0 Å². The topological polar surface area (TPSA) is 101 Å². The Morgan fingerprint density at radius 2 is 1.95 bits per heavy atom. The molecule has 1 saturated carbocycles. The Kier molecular flexibility index (Phi) is 7.90. The number of carbonyl (C=O) groups is 4. The van der Waals surface area contributed by atoms with Gasteiger partial charge in [0, 0.05) is 43.2 Å². The van der Waals surface area contributed by atoms with E-state index in [0.29, 0.717) is 37.4 Å². The number of hydrogen-bond acceptors (Lipinski definition) is 5. The van der Waals surface area contributed by atoms with E-state index in [9.17, 15) is 19.2 Å². The first kappa shape index (κ1) is 28.5. The van der Waals surface area contributed by atoms with Crippen LogP contribution < -0.4 is 5.32 Å². The monoisotopic (exact) mass is 548 g/mol. The number of aromatic nitrogens is 2. The maximum atomic E-state index is 14.0. The number of rotatable bonds is 5. The highest BCUT2D eigenvalue weighted by Gasteiger charge is 2.66. The Bertz CT molecular complexity index is 1340. The van der Waals surface area contributed by atoms with Crippen LogP contribution in [0.25, 0.3) is 10.9 Å². The smallest absolute Gasteiger partial charge is 0.245 e. The van der Waals surface area contributed by atoms with Crippen LogP contribution in [-0.4, -0.2) is 56.7 Å². The lowest BCUT2D eigenvalue weighted by Gasteiger charge is -2.26. The van der Waals surface area contributed by atoms with E-state index in [1.165, 1.54) is 12.5 Å². The van der Waals surface area contributed by atoms with Gasteiger partial charge in [-0.05, 0) is 61.1 Å². The molecule has 5 rings (SSSR count). The predicted molar refractivity (Wildman–Crippen MR) is 154 cm³/mol. The highest BCUT2D eigenvalue weighted by atomic mass is 16.2. The van der Waals surface area contributed by atoms with Gasteiger partial charge in [-0.2, -0.15) is 5.10 Å². The van der Waals surface area contributed by atoms with Gasteiger partial charge in [-0.15, -0.1) is 0 Å². The number of ketones is 2. The van der Waals surface area contributed by atoms with Crippen molar-refractivity contribution >= 4 is 34.3 Å². The second kappa shape index (κ2) is 11.1. The van der Waals surface area contributed by atoms with Gasteiger partial charge in [0.25, 0.3) is 0 Å². The van der Waals surface area contributed by atoms with Gasteiger partial charge in [-0.25, -0.2) is 0 Å². The van der Waals surface area contributed by atoms with Gasteiger partial charge in [-0.1, -0.05) is 46.6 Å². The van der Waals surface area contributed by atoms with Crippen LogP contribution in [0.3, 0.4) is 0 Å². The molecule has 1 N–H and O–H groups in total. The maximum absolute atomic E-state index is 14.0. The summed E-state index contributed by atoms with van der Waals surface area (Å²) in [5.41, 5.74) is 3.33. The van der Waals surface area contributed by atoms with Crippen LogP contribution in [0.4, 0.5) is 0 Å². The molecule has 3 heterocycles. The van der Waals surface area contributed by atoms with E-state index in [0.717, 1.165) is 55.0 Å². The molecule has 3 aliphatic rings. The molecule has 2 aromatic rings. The molecule has 2 fully saturated rings. The molecule has 4 atom stereocenters. The van der Waals surface area contributed by atoms with Crippen molar-refractivity contribution in [3.05, 3.63) is 29.0 Å². The van der Waals surface area contributed by atoms with Crippen LogP contribution in [0.2, 0.25) is 0 Å². The molecule has 8 heteroatoms. The summed E-state index contributed by atoms with van der Waals surface area (Å²) >= 11 is 0. The molecule has 216 valence electrons. The number of amides is 2. The first-order valence-electron chi connectivity index (χ1n) is 15.2. The van der Waals surface area contributed by atoms with Gasteiger partial charge >= 0.3 is 0 Å². The number of benzene rings is 1. The Hall–Kier alpha value is -3.03. The summed E-state index contributed by atoms with van der Waals surface area (Å²) in [6.07, 6.45) is 6.86. The predicted octanol–water partition coefficient (Wildman–Crippen LogP) is 4.64. The second-order valence-electron chi connectivity index (χ2n) is 13.1. The summed E-state index contributed by atoms with van der Waals surface area (Å²) in [6.45, 7) is 10.4. The number of aryl methyl sites for hydroxylation is 1. The van der Waals surface area contributed by atoms with Gasteiger partial charge in [0.2, 0.25) is 11.8 Å². The summed E-state index contributed by atoms with van der Waals surface area (Å²) in [7, 11) is 0. The van der Waals surface area contributed by atoms with Gasteiger partial charge in [0.15, 0.2) is 11.6 Å². The van der Waals surface area contributed by atoms with E-state index in [2.05, 4.69) is 38.2 Å². The number of nitrogens with one attached hydrogen (secondary N) is 1. The summed E-state index contributed by atoms with van der Waals surface area (Å²) in [5, 5.41) is 8.67. The molecule has 8 nitrogen and oxygen atoms in total. The van der Waals surface area contributed by atoms with Crippen LogP contribution in [0.1, 0.15) is 101 Å². The largest absolute Gasteiger partial charge is 0.355 e. The van der Waals surface area contributed by atoms with E-state index < -0.39 is 6.04 Å². The average Bonchev–Trinajstić information content (AvgIpc) is 3.30. The fourth-order valence-corrected chi connectivity index (χ4v) is 7.16. The van der Waals surface area contributed by atoms with Crippen molar-refractivity contribution in [2.45, 2.75) is 111 Å². The molecule has 40 heavy (non-hydrogen) atoms. The normalized spacial score (nSPS) is 27.4. The van der Waals surface area contributed by atoms with Gasteiger partial charge < -0.3 is 10.2 Å². The van der Waals surface area contributed by atoms with Crippen molar-refractivity contribution in [2.24, 2.45) is 17.3 Å². The minimum absolute atomic E-state index is 0.0101. The van der Waals surface area contributed by atoms with Crippen LogP contribution in [0.15, 0.2) is 12.1 Å². The third-order valence-electron chi connectivity index (χ3n) is 9.24. The Labute approximate surface area is 237 Å². The van der Waals surface area contributed by atoms with Crippen molar-refractivity contribution in [3.8, 4) is 0 Å². The van der Waals surface area contributed by atoms with Crippen molar-refractivity contribution in [2.75, 3.05) is 6.54 Å². The van der Waals surface area contributed by atoms with Gasteiger partial charge in [-0.3, -0.25) is 23.9 Å². The highest BCUT2D eigenvalue weighted by Crippen LogP contribution is 2.59. The Morgan fingerprint density at radius 3 is 2.65 bits per heavy atom. The first-order chi connectivity index (χ1) is 19.0. The molecule has 2 aliphatic heterocycles. The lowest BCUT2D eigenvalue weighted by Crippen LogP contribution is -2.44. The number of piperidine rings is 1. The molecule has 1 aromatic heterocycles. The van der Waals surface area contributed by atoms with E-state index in [-0.39, 0.29) is 47.3 Å². The number of Topliss-reactive ketones (excluding diaryl/α,β-unsaturated/α-hetero) is 2. The molecule has 0 unspecified atom stereocenters. The van der Waals surface area contributed by atoms with E-state index in [1.54, 1.807) is 9.58 Å². The minimum Gasteiger partial charge on any atom is -0.355 e. The molecule has 0 radical (unpaired) electrons. The summed E-state index contributed by atoms with van der Waals surface area (Å²) < 4.78 is 1.72. The molecule has 1 aromatic carbocycles. The van der Waals surface area contributed by atoms with Crippen molar-refractivity contribution < 1.29 is 19.2 Å². The second-order valence-corrected chi connectivity index (χ2v) is 13.1. The third-order valence-corrected chi connectivity index (χ3v) is 9.24. The van der Waals surface area contributed by atoms with Crippen LogP contribution in [0.5, 0.6) is 0 Å². The standard InChI is InChI=1S/C32H44N4O4/c1-6-26(38)25-15-32-16-27(32)36(25)29(40)17-35-31-23(10-8-7-9-20(4)12-28(39)33-18-32)13-22(11-19(2)3)14-24(31)30(34-35)21(5)37/h13-14,19-20,25,27H,6-12,15-18H2,1-5H3,(H,33,39)/t20-,25+,27-,32+/m1/s1. The van der Waals surface area contributed by atoms with E-state index >= 15 is 0 Å². The van der Waals surface area contributed by atoms with Crippen LogP contribution in [-0.2, 0) is 33.8 Å². The van der Waals surface area contributed by atoms with E-state index in [4.69, 9.17) is 5.10 Å². The summed E-state index contributed by atoms with van der Waals surface area (Å²) in [6, 6.07) is 3.78. The number of carbonyl (C=O) groups excluding carboxylic acids is 4. The molecule has 2 amide bonds. The lowest BCUT2D eigenvalue weighted by atomic mass is 9.93. The fourth-order valence-electron chi connectivity index (χ4n) is 7.16. The first-order valence-corrected chi connectivity index (χ1v) is 15.2. The maximum Gasteiger partial charge on any atom is 0.245 e. The molecule has 1 saturated heterocycles. The fraction of sp³-hybridized carbons (Fsp3) is 0.656. The van der Waals surface area contributed by atoms with E-state index in [1.807, 2.05) is 6.92 Å². The van der Waals surface area contributed by atoms with Crippen molar-refractivity contribution in [3.63, 3.8) is 0 Å². The quantitative estimate of drug-likeness (QED) is 0.549.